The zero-order valence-corrected chi connectivity index (χ0v) is 13.2. The predicted octanol–water partition coefficient (Wildman–Crippen LogP) is 4.88. The van der Waals surface area contributed by atoms with Crippen molar-refractivity contribution in [1.29, 1.82) is 10.5 Å². The highest BCUT2D eigenvalue weighted by Crippen LogP contribution is 2.22. The van der Waals surface area contributed by atoms with Crippen LogP contribution in [-0.2, 0) is 12.8 Å². The van der Waals surface area contributed by atoms with Gasteiger partial charge >= 0.3 is 0 Å². The third kappa shape index (κ3) is 3.69. The van der Waals surface area contributed by atoms with Gasteiger partial charge in [0.05, 0.1) is 23.3 Å². The van der Waals surface area contributed by atoms with Crippen LogP contribution < -0.4 is 0 Å². The van der Waals surface area contributed by atoms with E-state index in [4.69, 9.17) is 10.5 Å². The maximum Gasteiger partial charge on any atom is 0.0991 e. The molecule has 3 aromatic rings. The molecule has 24 heavy (non-hydrogen) atoms. The average molecular weight is 308 g/mol. The summed E-state index contributed by atoms with van der Waals surface area (Å²) in [6.45, 7) is 0. The average Bonchev–Trinajstić information content (AvgIpc) is 2.67. The second kappa shape index (κ2) is 7.27. The molecule has 0 aromatic heterocycles. The predicted molar refractivity (Wildman–Crippen MR) is 95.2 cm³/mol. The highest BCUT2D eigenvalue weighted by molar-refractivity contribution is 5.65. The summed E-state index contributed by atoms with van der Waals surface area (Å²) in [5.41, 5.74) is 5.97. The summed E-state index contributed by atoms with van der Waals surface area (Å²) < 4.78 is 0. The van der Waals surface area contributed by atoms with Crippen molar-refractivity contribution in [3.8, 4) is 23.3 Å². The van der Waals surface area contributed by atoms with E-state index in [1.807, 2.05) is 42.5 Å². The van der Waals surface area contributed by atoms with Crippen LogP contribution in [0, 0.1) is 22.7 Å². The SMILES string of the molecule is N#Cc1cccc(CCc2cccc(-c3cccc(C#N)c3)c2)c1. The molecule has 0 amide bonds. The van der Waals surface area contributed by atoms with Crippen LogP contribution in [-0.4, -0.2) is 0 Å². The molecule has 0 aliphatic rings. The topological polar surface area (TPSA) is 47.6 Å². The van der Waals surface area contributed by atoms with Gasteiger partial charge < -0.3 is 0 Å². The monoisotopic (exact) mass is 308 g/mol. The molecule has 2 nitrogen and oxygen atoms in total. The summed E-state index contributed by atoms with van der Waals surface area (Å²) in [7, 11) is 0. The molecule has 114 valence electrons. The van der Waals surface area contributed by atoms with E-state index in [-0.39, 0.29) is 0 Å². The minimum atomic E-state index is 0.672. The molecule has 3 rings (SSSR count). The van der Waals surface area contributed by atoms with Gasteiger partial charge in [-0.3, -0.25) is 0 Å². The molecule has 0 saturated carbocycles. The van der Waals surface area contributed by atoms with Crippen molar-refractivity contribution < 1.29 is 0 Å². The van der Waals surface area contributed by atoms with Crippen LogP contribution in [0.3, 0.4) is 0 Å². The van der Waals surface area contributed by atoms with Crippen molar-refractivity contribution in [1.82, 2.24) is 0 Å². The Morgan fingerprint density at radius 1 is 0.583 bits per heavy atom. The Bertz CT molecular complexity index is 942. The number of aryl methyl sites for hydroxylation is 2. The number of hydrogen-bond donors (Lipinski definition) is 0. The minimum Gasteiger partial charge on any atom is -0.192 e. The Kier molecular flexibility index (Phi) is 4.70. The van der Waals surface area contributed by atoms with Crippen molar-refractivity contribution in [3.63, 3.8) is 0 Å². The molecular formula is C22H16N2. The van der Waals surface area contributed by atoms with Gasteiger partial charge in [-0.05, 0) is 59.4 Å². The Labute approximate surface area is 142 Å². The van der Waals surface area contributed by atoms with Crippen molar-refractivity contribution in [2.45, 2.75) is 12.8 Å². The maximum atomic E-state index is 9.04. The molecule has 0 aliphatic heterocycles. The fraction of sp³-hybridized carbons (Fsp3) is 0.0909. The van der Waals surface area contributed by atoms with E-state index in [0.717, 1.165) is 24.0 Å². The maximum absolute atomic E-state index is 9.04. The number of nitrogens with zero attached hydrogens (tertiary/aromatic N) is 2. The lowest BCUT2D eigenvalue weighted by Gasteiger charge is -2.07. The summed E-state index contributed by atoms with van der Waals surface area (Å²) in [6, 6.07) is 28.2. The Hall–Kier alpha value is -3.36. The lowest BCUT2D eigenvalue weighted by atomic mass is 9.98. The van der Waals surface area contributed by atoms with Crippen molar-refractivity contribution in [2.24, 2.45) is 0 Å². The largest absolute Gasteiger partial charge is 0.192 e. The lowest BCUT2D eigenvalue weighted by molar-refractivity contribution is 0.960. The van der Waals surface area contributed by atoms with Gasteiger partial charge in [0.2, 0.25) is 0 Å². The van der Waals surface area contributed by atoms with Gasteiger partial charge in [0.15, 0.2) is 0 Å². The van der Waals surface area contributed by atoms with Gasteiger partial charge in [-0.25, -0.2) is 0 Å². The quantitative estimate of drug-likeness (QED) is 0.689. The van der Waals surface area contributed by atoms with Crippen LogP contribution >= 0.6 is 0 Å². The molecule has 0 radical (unpaired) electrons. The first-order chi connectivity index (χ1) is 11.8. The van der Waals surface area contributed by atoms with Gasteiger partial charge in [-0.1, -0.05) is 48.5 Å². The molecule has 0 atom stereocenters. The summed E-state index contributed by atoms with van der Waals surface area (Å²) in [4.78, 5) is 0. The summed E-state index contributed by atoms with van der Waals surface area (Å²) in [5.74, 6) is 0. The second-order valence-corrected chi connectivity index (χ2v) is 5.71. The van der Waals surface area contributed by atoms with Crippen LogP contribution in [0.25, 0.3) is 11.1 Å². The molecule has 2 heteroatoms. The van der Waals surface area contributed by atoms with E-state index < -0.39 is 0 Å². The highest BCUT2D eigenvalue weighted by Gasteiger charge is 2.02. The number of rotatable bonds is 4. The zero-order valence-electron chi connectivity index (χ0n) is 13.2. The standard InChI is InChI=1S/C22H16N2/c23-15-19-6-1-4-17(12-19)10-11-18-5-2-8-21(13-18)22-9-3-7-20(14-22)16-24/h1-9,12-14H,10-11H2. The molecule has 0 spiro atoms. The van der Waals surface area contributed by atoms with Crippen LogP contribution in [0.5, 0.6) is 0 Å². The molecule has 0 saturated heterocycles. The normalized spacial score (nSPS) is 9.92. The Balaban J connectivity index is 1.78. The van der Waals surface area contributed by atoms with E-state index in [2.05, 4.69) is 42.5 Å². The summed E-state index contributed by atoms with van der Waals surface area (Å²) >= 11 is 0. The van der Waals surface area contributed by atoms with Crippen LogP contribution in [0.2, 0.25) is 0 Å². The lowest BCUT2D eigenvalue weighted by Crippen LogP contribution is -1.92. The van der Waals surface area contributed by atoms with Crippen LogP contribution in [0.4, 0.5) is 0 Å². The molecule has 0 bridgehead atoms. The van der Waals surface area contributed by atoms with E-state index in [1.165, 1.54) is 11.1 Å². The van der Waals surface area contributed by atoms with Crippen LogP contribution in [0.15, 0.2) is 72.8 Å². The molecule has 0 N–H and O–H groups in total. The first-order valence-electron chi connectivity index (χ1n) is 7.87. The Morgan fingerprint density at radius 3 is 1.75 bits per heavy atom. The van der Waals surface area contributed by atoms with Crippen molar-refractivity contribution >= 4 is 0 Å². The third-order valence-corrected chi connectivity index (χ3v) is 4.01. The van der Waals surface area contributed by atoms with Gasteiger partial charge in [0.25, 0.3) is 0 Å². The van der Waals surface area contributed by atoms with E-state index in [1.54, 1.807) is 0 Å². The number of benzene rings is 3. The molecule has 0 heterocycles. The fourth-order valence-electron chi connectivity index (χ4n) is 2.76. The van der Waals surface area contributed by atoms with Gasteiger partial charge in [0.1, 0.15) is 0 Å². The van der Waals surface area contributed by atoms with E-state index in [0.29, 0.717) is 11.1 Å². The number of hydrogen-bond acceptors (Lipinski definition) is 2. The van der Waals surface area contributed by atoms with Gasteiger partial charge in [-0.2, -0.15) is 10.5 Å². The van der Waals surface area contributed by atoms with Gasteiger partial charge in [-0.15, -0.1) is 0 Å². The van der Waals surface area contributed by atoms with E-state index >= 15 is 0 Å². The molecule has 3 aromatic carbocycles. The smallest absolute Gasteiger partial charge is 0.0991 e. The Morgan fingerprint density at radius 2 is 1.08 bits per heavy atom. The second-order valence-electron chi connectivity index (χ2n) is 5.71. The fourth-order valence-corrected chi connectivity index (χ4v) is 2.76. The molecule has 0 aliphatic carbocycles. The molecular weight excluding hydrogens is 292 g/mol. The first-order valence-corrected chi connectivity index (χ1v) is 7.87. The first kappa shape index (κ1) is 15.5. The highest BCUT2D eigenvalue weighted by atomic mass is 14.2. The van der Waals surface area contributed by atoms with Crippen LogP contribution in [0.1, 0.15) is 22.3 Å². The third-order valence-electron chi connectivity index (χ3n) is 4.01. The van der Waals surface area contributed by atoms with Gasteiger partial charge in [0, 0.05) is 0 Å². The van der Waals surface area contributed by atoms with Crippen molar-refractivity contribution in [3.05, 3.63) is 95.1 Å². The van der Waals surface area contributed by atoms with Crippen molar-refractivity contribution in [2.75, 3.05) is 0 Å². The zero-order chi connectivity index (χ0) is 16.8. The minimum absolute atomic E-state index is 0.672. The van der Waals surface area contributed by atoms with E-state index in [9.17, 15) is 0 Å². The summed E-state index contributed by atoms with van der Waals surface area (Å²) in [5, 5.41) is 18.0. The summed E-state index contributed by atoms with van der Waals surface area (Å²) in [6.07, 6.45) is 1.82. The molecule has 0 fully saturated rings. The number of nitriles is 2. The molecule has 0 unspecified atom stereocenters.